The standard InChI is InChI=1S/C17H22FN3/c1-21(2)13-6-3-5-12(11-13)20-16-9-10-19-17-14(16)7-4-8-15(17)18/h4,7-10,12-13H,3,5-6,11H2,1-2H3,(H,19,20). The molecule has 3 rings (SSSR count). The number of pyridine rings is 1. The first-order chi connectivity index (χ1) is 10.1. The van der Waals surface area contributed by atoms with Crippen molar-refractivity contribution in [1.82, 2.24) is 9.88 Å². The zero-order valence-electron chi connectivity index (χ0n) is 12.6. The molecule has 4 heteroatoms. The van der Waals surface area contributed by atoms with Crippen molar-refractivity contribution in [1.29, 1.82) is 0 Å². The fraction of sp³-hybridized carbons (Fsp3) is 0.471. The van der Waals surface area contributed by atoms with Crippen molar-refractivity contribution in [2.75, 3.05) is 19.4 Å². The Morgan fingerprint density at radius 2 is 2.10 bits per heavy atom. The lowest BCUT2D eigenvalue weighted by molar-refractivity contribution is 0.219. The predicted octanol–water partition coefficient (Wildman–Crippen LogP) is 3.66. The first kappa shape index (κ1) is 14.3. The number of hydrogen-bond acceptors (Lipinski definition) is 3. The highest BCUT2D eigenvalue weighted by Crippen LogP contribution is 2.28. The summed E-state index contributed by atoms with van der Waals surface area (Å²) in [6.45, 7) is 0. The average molecular weight is 287 g/mol. The molecule has 3 nitrogen and oxygen atoms in total. The number of rotatable bonds is 3. The summed E-state index contributed by atoms with van der Waals surface area (Å²) >= 11 is 0. The Hall–Kier alpha value is -1.68. The Bertz CT molecular complexity index is 626. The minimum atomic E-state index is -0.258. The van der Waals surface area contributed by atoms with E-state index < -0.39 is 0 Å². The summed E-state index contributed by atoms with van der Waals surface area (Å²) in [7, 11) is 4.29. The zero-order chi connectivity index (χ0) is 14.8. The van der Waals surface area contributed by atoms with E-state index in [4.69, 9.17) is 0 Å². The van der Waals surface area contributed by atoms with Gasteiger partial charge in [0, 0.05) is 29.4 Å². The molecule has 1 N–H and O–H groups in total. The first-order valence-corrected chi connectivity index (χ1v) is 7.61. The van der Waals surface area contributed by atoms with Gasteiger partial charge in [0.1, 0.15) is 11.3 Å². The van der Waals surface area contributed by atoms with Crippen LogP contribution >= 0.6 is 0 Å². The van der Waals surface area contributed by atoms with E-state index in [9.17, 15) is 4.39 Å². The van der Waals surface area contributed by atoms with Crippen molar-refractivity contribution in [3.8, 4) is 0 Å². The van der Waals surface area contributed by atoms with Crippen molar-refractivity contribution in [2.45, 2.75) is 37.8 Å². The SMILES string of the molecule is CN(C)C1CCCC(Nc2ccnc3c(F)cccc23)C1. The normalized spacial score (nSPS) is 22.7. The minimum absolute atomic E-state index is 0.258. The Morgan fingerprint density at radius 1 is 1.24 bits per heavy atom. The van der Waals surface area contributed by atoms with E-state index in [0.29, 0.717) is 17.6 Å². The van der Waals surface area contributed by atoms with Gasteiger partial charge in [-0.2, -0.15) is 0 Å². The van der Waals surface area contributed by atoms with Crippen LogP contribution in [-0.2, 0) is 0 Å². The van der Waals surface area contributed by atoms with Crippen LogP contribution < -0.4 is 5.32 Å². The lowest BCUT2D eigenvalue weighted by Gasteiger charge is -2.34. The molecule has 0 radical (unpaired) electrons. The molecule has 1 aromatic heterocycles. The summed E-state index contributed by atoms with van der Waals surface area (Å²) in [5.74, 6) is -0.258. The van der Waals surface area contributed by atoms with E-state index in [1.165, 1.54) is 25.3 Å². The van der Waals surface area contributed by atoms with Crippen LogP contribution in [-0.4, -0.2) is 36.1 Å². The number of fused-ring (bicyclic) bond motifs is 1. The van der Waals surface area contributed by atoms with Crippen molar-refractivity contribution >= 4 is 16.6 Å². The molecule has 21 heavy (non-hydrogen) atoms. The topological polar surface area (TPSA) is 28.2 Å². The maximum Gasteiger partial charge on any atom is 0.149 e. The molecule has 1 heterocycles. The largest absolute Gasteiger partial charge is 0.382 e. The van der Waals surface area contributed by atoms with Gasteiger partial charge in [-0.3, -0.25) is 4.98 Å². The molecule has 1 aliphatic carbocycles. The van der Waals surface area contributed by atoms with Gasteiger partial charge < -0.3 is 10.2 Å². The van der Waals surface area contributed by atoms with Crippen LogP contribution in [0.15, 0.2) is 30.5 Å². The molecule has 0 amide bonds. The zero-order valence-corrected chi connectivity index (χ0v) is 12.6. The maximum atomic E-state index is 13.8. The molecule has 2 aromatic rings. The predicted molar refractivity (Wildman–Crippen MR) is 85.1 cm³/mol. The monoisotopic (exact) mass is 287 g/mol. The Balaban J connectivity index is 1.83. The Morgan fingerprint density at radius 3 is 2.90 bits per heavy atom. The van der Waals surface area contributed by atoms with E-state index in [1.54, 1.807) is 12.3 Å². The molecule has 0 bridgehead atoms. The number of benzene rings is 1. The highest BCUT2D eigenvalue weighted by Gasteiger charge is 2.23. The van der Waals surface area contributed by atoms with Crippen molar-refractivity contribution in [3.63, 3.8) is 0 Å². The van der Waals surface area contributed by atoms with Crippen LogP contribution in [0.5, 0.6) is 0 Å². The van der Waals surface area contributed by atoms with Gasteiger partial charge >= 0.3 is 0 Å². The molecule has 1 saturated carbocycles. The third-order valence-corrected chi connectivity index (χ3v) is 4.46. The summed E-state index contributed by atoms with van der Waals surface area (Å²) in [6, 6.07) is 8.15. The fourth-order valence-electron chi connectivity index (χ4n) is 3.25. The number of nitrogens with zero attached hydrogens (tertiary/aromatic N) is 2. The summed E-state index contributed by atoms with van der Waals surface area (Å²) in [6.07, 6.45) is 6.48. The highest BCUT2D eigenvalue weighted by atomic mass is 19.1. The van der Waals surface area contributed by atoms with E-state index >= 15 is 0 Å². The molecule has 2 unspecified atom stereocenters. The van der Waals surface area contributed by atoms with Crippen molar-refractivity contribution in [3.05, 3.63) is 36.3 Å². The van der Waals surface area contributed by atoms with E-state index in [2.05, 4.69) is 29.3 Å². The number of halogens is 1. The second-order valence-electron chi connectivity index (χ2n) is 6.12. The Kier molecular flexibility index (Phi) is 4.06. The number of aromatic nitrogens is 1. The van der Waals surface area contributed by atoms with Gasteiger partial charge in [0.15, 0.2) is 0 Å². The van der Waals surface area contributed by atoms with Crippen molar-refractivity contribution in [2.24, 2.45) is 0 Å². The molecule has 0 spiro atoms. The fourth-order valence-corrected chi connectivity index (χ4v) is 3.25. The third kappa shape index (κ3) is 3.00. The van der Waals surface area contributed by atoms with E-state index in [1.807, 2.05) is 12.1 Å². The number of nitrogens with one attached hydrogen (secondary N) is 1. The van der Waals surface area contributed by atoms with E-state index in [-0.39, 0.29) is 5.82 Å². The smallest absolute Gasteiger partial charge is 0.149 e. The number of para-hydroxylation sites is 1. The molecule has 1 aliphatic rings. The maximum absolute atomic E-state index is 13.8. The van der Waals surface area contributed by atoms with Gasteiger partial charge in [0.05, 0.1) is 0 Å². The quantitative estimate of drug-likeness (QED) is 0.934. The van der Waals surface area contributed by atoms with Crippen molar-refractivity contribution < 1.29 is 4.39 Å². The molecule has 0 aliphatic heterocycles. The molecule has 112 valence electrons. The van der Waals surface area contributed by atoms with Crippen LogP contribution in [0.2, 0.25) is 0 Å². The third-order valence-electron chi connectivity index (χ3n) is 4.46. The van der Waals surface area contributed by atoms with Gasteiger partial charge in [0.25, 0.3) is 0 Å². The molecule has 1 fully saturated rings. The molecule has 2 atom stereocenters. The first-order valence-electron chi connectivity index (χ1n) is 7.61. The lowest BCUT2D eigenvalue weighted by atomic mass is 9.90. The second kappa shape index (κ2) is 5.98. The van der Waals surface area contributed by atoms with Gasteiger partial charge in [-0.05, 0) is 51.9 Å². The number of hydrogen-bond donors (Lipinski definition) is 1. The van der Waals surface area contributed by atoms with Crippen LogP contribution in [0.25, 0.3) is 10.9 Å². The molecular weight excluding hydrogens is 265 g/mol. The second-order valence-corrected chi connectivity index (χ2v) is 6.12. The van der Waals surface area contributed by atoms with Gasteiger partial charge in [0.2, 0.25) is 0 Å². The van der Waals surface area contributed by atoms with Crippen LogP contribution in [0, 0.1) is 5.82 Å². The summed E-state index contributed by atoms with van der Waals surface area (Å²) in [5, 5.41) is 4.47. The highest BCUT2D eigenvalue weighted by molar-refractivity contribution is 5.91. The van der Waals surface area contributed by atoms with E-state index in [0.717, 1.165) is 17.5 Å². The van der Waals surface area contributed by atoms with Gasteiger partial charge in [-0.15, -0.1) is 0 Å². The minimum Gasteiger partial charge on any atom is -0.382 e. The summed E-state index contributed by atoms with van der Waals surface area (Å²) in [4.78, 5) is 6.46. The molecule has 1 aromatic carbocycles. The molecule has 0 saturated heterocycles. The van der Waals surface area contributed by atoms with Crippen LogP contribution in [0.1, 0.15) is 25.7 Å². The van der Waals surface area contributed by atoms with Crippen LogP contribution in [0.4, 0.5) is 10.1 Å². The van der Waals surface area contributed by atoms with Gasteiger partial charge in [-0.25, -0.2) is 4.39 Å². The average Bonchev–Trinajstić information content (AvgIpc) is 2.49. The lowest BCUT2D eigenvalue weighted by Crippen LogP contribution is -2.38. The van der Waals surface area contributed by atoms with Crippen LogP contribution in [0.3, 0.4) is 0 Å². The number of anilines is 1. The Labute approximate surface area is 125 Å². The summed E-state index contributed by atoms with van der Waals surface area (Å²) < 4.78 is 13.8. The van der Waals surface area contributed by atoms with Gasteiger partial charge in [-0.1, -0.05) is 12.1 Å². The summed E-state index contributed by atoms with van der Waals surface area (Å²) in [5.41, 5.74) is 1.44. The molecular formula is C17H22FN3.